The molecule has 0 aliphatic carbocycles. The van der Waals surface area contributed by atoms with E-state index in [-0.39, 0.29) is 12.2 Å². The predicted octanol–water partition coefficient (Wildman–Crippen LogP) is 2.97. The van der Waals surface area contributed by atoms with Crippen molar-refractivity contribution in [1.29, 1.82) is 0 Å². The highest BCUT2D eigenvalue weighted by atomic mass is 16.6. The lowest BCUT2D eigenvalue weighted by molar-refractivity contribution is 0.119. The van der Waals surface area contributed by atoms with Crippen LogP contribution in [0.15, 0.2) is 0 Å². The smallest absolute Gasteiger partial charge is 0.407 e. The molecule has 8 nitrogen and oxygen atoms in total. The van der Waals surface area contributed by atoms with Crippen LogP contribution >= 0.6 is 0 Å². The molecule has 0 saturated carbocycles. The number of hydrogen-bond acceptors (Lipinski definition) is 6. The lowest BCUT2D eigenvalue weighted by Crippen LogP contribution is -2.34. The Hall–Kier alpha value is -1.54. The highest BCUT2D eigenvalue weighted by Gasteiger charge is 2.11. The molecule has 2 N–H and O–H groups in total. The van der Waals surface area contributed by atoms with E-state index in [9.17, 15) is 9.59 Å². The SMILES string of the molecule is O=C(NCCCCCCNC(=O)OCCN1CCCCC1)OCCN1CCCCC1. The van der Waals surface area contributed by atoms with Gasteiger partial charge in [0.2, 0.25) is 0 Å². The van der Waals surface area contributed by atoms with Gasteiger partial charge < -0.3 is 20.1 Å². The van der Waals surface area contributed by atoms with Gasteiger partial charge in [-0.05, 0) is 64.7 Å². The third-order valence-electron chi connectivity index (χ3n) is 5.82. The number of unbranched alkanes of at least 4 members (excludes halogenated alkanes) is 3. The van der Waals surface area contributed by atoms with Crippen molar-refractivity contribution in [3.05, 3.63) is 0 Å². The number of nitrogens with zero attached hydrogens (tertiary/aromatic N) is 2. The van der Waals surface area contributed by atoms with Crippen LogP contribution in [0.25, 0.3) is 0 Å². The molecular weight excluding hydrogens is 384 g/mol. The summed E-state index contributed by atoms with van der Waals surface area (Å²) < 4.78 is 10.5. The molecule has 0 radical (unpaired) electrons. The number of piperidine rings is 2. The lowest BCUT2D eigenvalue weighted by Gasteiger charge is -2.25. The predicted molar refractivity (Wildman–Crippen MR) is 118 cm³/mol. The van der Waals surface area contributed by atoms with Crippen LogP contribution in [0, 0.1) is 0 Å². The summed E-state index contributed by atoms with van der Waals surface area (Å²) in [4.78, 5) is 28.0. The standard InChI is InChI=1S/C22H42N4O4/c27-21(29-19-17-25-13-7-3-8-14-25)23-11-5-1-2-6-12-24-22(28)30-20-18-26-15-9-4-10-16-26/h1-20H2,(H,23,27)(H,24,28). The number of rotatable bonds is 13. The fourth-order valence-electron chi connectivity index (χ4n) is 3.99. The molecule has 0 spiro atoms. The van der Waals surface area contributed by atoms with Crippen LogP contribution in [0.4, 0.5) is 9.59 Å². The van der Waals surface area contributed by atoms with Crippen LogP contribution in [0.1, 0.15) is 64.2 Å². The number of carbonyl (C=O) groups excluding carboxylic acids is 2. The van der Waals surface area contributed by atoms with E-state index in [2.05, 4.69) is 20.4 Å². The average Bonchev–Trinajstić information content (AvgIpc) is 2.77. The van der Waals surface area contributed by atoms with Crippen LogP contribution in [0.5, 0.6) is 0 Å². The first-order valence-electron chi connectivity index (χ1n) is 12.0. The van der Waals surface area contributed by atoms with E-state index in [0.717, 1.165) is 65.0 Å². The van der Waals surface area contributed by atoms with Crippen LogP contribution in [-0.4, -0.2) is 87.6 Å². The fourth-order valence-corrected chi connectivity index (χ4v) is 3.99. The zero-order valence-electron chi connectivity index (χ0n) is 18.7. The molecule has 8 heteroatoms. The molecule has 2 rings (SSSR count). The summed E-state index contributed by atoms with van der Waals surface area (Å²) in [6, 6.07) is 0. The van der Waals surface area contributed by atoms with E-state index in [4.69, 9.17) is 9.47 Å². The first-order chi connectivity index (χ1) is 14.7. The van der Waals surface area contributed by atoms with Crippen molar-refractivity contribution >= 4 is 12.2 Å². The number of ether oxygens (including phenoxy) is 2. The van der Waals surface area contributed by atoms with Crippen LogP contribution in [-0.2, 0) is 9.47 Å². The average molecular weight is 427 g/mol. The van der Waals surface area contributed by atoms with Gasteiger partial charge in [0.1, 0.15) is 13.2 Å². The topological polar surface area (TPSA) is 83.1 Å². The van der Waals surface area contributed by atoms with E-state index in [1.54, 1.807) is 0 Å². The Morgan fingerprint density at radius 2 is 1.00 bits per heavy atom. The highest BCUT2D eigenvalue weighted by Crippen LogP contribution is 2.08. The zero-order chi connectivity index (χ0) is 21.3. The molecule has 0 aromatic heterocycles. The van der Waals surface area contributed by atoms with E-state index in [1.165, 1.54) is 38.5 Å². The number of likely N-dealkylation sites (tertiary alicyclic amines) is 2. The largest absolute Gasteiger partial charge is 0.448 e. The molecular formula is C22H42N4O4. The van der Waals surface area contributed by atoms with Crippen LogP contribution < -0.4 is 10.6 Å². The summed E-state index contributed by atoms with van der Waals surface area (Å²) in [5, 5.41) is 5.61. The summed E-state index contributed by atoms with van der Waals surface area (Å²) in [7, 11) is 0. The quantitative estimate of drug-likeness (QED) is 0.441. The highest BCUT2D eigenvalue weighted by molar-refractivity contribution is 5.67. The molecule has 0 aromatic rings. The second-order valence-electron chi connectivity index (χ2n) is 8.34. The molecule has 174 valence electrons. The van der Waals surface area contributed by atoms with Gasteiger partial charge in [-0.3, -0.25) is 9.80 Å². The van der Waals surface area contributed by atoms with Gasteiger partial charge in [-0.1, -0.05) is 25.7 Å². The Kier molecular flexibility index (Phi) is 13.3. The molecule has 0 bridgehead atoms. The van der Waals surface area contributed by atoms with Crippen LogP contribution in [0.3, 0.4) is 0 Å². The maximum Gasteiger partial charge on any atom is 0.407 e. The third kappa shape index (κ3) is 12.2. The van der Waals surface area contributed by atoms with E-state index >= 15 is 0 Å². The minimum absolute atomic E-state index is 0.319. The van der Waals surface area contributed by atoms with E-state index in [1.807, 2.05) is 0 Å². The number of carbonyl (C=O) groups is 2. The van der Waals surface area contributed by atoms with Crippen molar-refractivity contribution in [2.75, 3.05) is 65.6 Å². The summed E-state index contributed by atoms with van der Waals surface area (Å²) in [6.07, 6.45) is 10.9. The molecule has 2 amide bonds. The maximum absolute atomic E-state index is 11.7. The summed E-state index contributed by atoms with van der Waals surface area (Å²) in [6.45, 7) is 8.35. The van der Waals surface area contributed by atoms with E-state index < -0.39 is 0 Å². The molecule has 2 saturated heterocycles. The fraction of sp³-hybridized carbons (Fsp3) is 0.909. The van der Waals surface area contributed by atoms with Crippen LogP contribution in [0.2, 0.25) is 0 Å². The van der Waals surface area contributed by atoms with Gasteiger partial charge >= 0.3 is 12.2 Å². The monoisotopic (exact) mass is 426 g/mol. The molecule has 0 atom stereocenters. The minimum atomic E-state index is -0.319. The zero-order valence-corrected chi connectivity index (χ0v) is 18.7. The van der Waals surface area contributed by atoms with Crippen molar-refractivity contribution in [2.45, 2.75) is 64.2 Å². The second kappa shape index (κ2) is 16.2. The van der Waals surface area contributed by atoms with Crippen molar-refractivity contribution in [3.63, 3.8) is 0 Å². The van der Waals surface area contributed by atoms with Gasteiger partial charge in [-0.15, -0.1) is 0 Å². The van der Waals surface area contributed by atoms with Crippen molar-refractivity contribution < 1.29 is 19.1 Å². The molecule has 30 heavy (non-hydrogen) atoms. The number of hydrogen-bond donors (Lipinski definition) is 2. The molecule has 2 aliphatic rings. The summed E-state index contributed by atoms with van der Waals surface area (Å²) in [5.74, 6) is 0. The second-order valence-corrected chi connectivity index (χ2v) is 8.34. The molecule has 0 aromatic carbocycles. The van der Waals surface area contributed by atoms with Gasteiger partial charge in [0.05, 0.1) is 0 Å². The first kappa shape index (κ1) is 24.7. The Morgan fingerprint density at radius 1 is 0.600 bits per heavy atom. The lowest BCUT2D eigenvalue weighted by atomic mass is 10.1. The Bertz CT molecular complexity index is 424. The van der Waals surface area contributed by atoms with Gasteiger partial charge in [0.15, 0.2) is 0 Å². The molecule has 2 fully saturated rings. The van der Waals surface area contributed by atoms with Gasteiger partial charge in [0.25, 0.3) is 0 Å². The molecule has 2 aliphatic heterocycles. The summed E-state index contributed by atoms with van der Waals surface area (Å²) >= 11 is 0. The number of alkyl carbamates (subject to hydrolysis) is 2. The minimum Gasteiger partial charge on any atom is -0.448 e. The maximum atomic E-state index is 11.7. The molecule has 0 unspecified atom stereocenters. The van der Waals surface area contributed by atoms with Gasteiger partial charge in [-0.2, -0.15) is 0 Å². The van der Waals surface area contributed by atoms with Gasteiger partial charge in [-0.25, -0.2) is 9.59 Å². The third-order valence-corrected chi connectivity index (χ3v) is 5.82. The number of nitrogens with one attached hydrogen (secondary N) is 2. The Balaban J connectivity index is 1.30. The Labute approximate surface area is 182 Å². The normalized spacial score (nSPS) is 18.0. The molecule has 2 heterocycles. The van der Waals surface area contributed by atoms with Crippen molar-refractivity contribution in [3.8, 4) is 0 Å². The number of amides is 2. The first-order valence-corrected chi connectivity index (χ1v) is 12.0. The van der Waals surface area contributed by atoms with Crippen molar-refractivity contribution in [2.24, 2.45) is 0 Å². The Morgan fingerprint density at radius 3 is 1.40 bits per heavy atom. The van der Waals surface area contributed by atoms with E-state index in [0.29, 0.717) is 26.3 Å². The van der Waals surface area contributed by atoms with Crippen molar-refractivity contribution in [1.82, 2.24) is 20.4 Å². The summed E-state index contributed by atoms with van der Waals surface area (Å²) in [5.41, 5.74) is 0. The van der Waals surface area contributed by atoms with Gasteiger partial charge in [0, 0.05) is 26.2 Å².